The van der Waals surface area contributed by atoms with Crippen molar-refractivity contribution in [1.29, 1.82) is 0 Å². The summed E-state index contributed by atoms with van der Waals surface area (Å²) in [5, 5.41) is 1.83. The molecular formula is C9H13F6NO2. The van der Waals surface area contributed by atoms with E-state index in [-0.39, 0.29) is 6.54 Å². The van der Waals surface area contributed by atoms with Gasteiger partial charge in [-0.1, -0.05) is 19.8 Å². The minimum absolute atomic E-state index is 0.0326. The average molecular weight is 281 g/mol. The van der Waals surface area contributed by atoms with Gasteiger partial charge < -0.3 is 10.1 Å². The second-order valence-electron chi connectivity index (χ2n) is 3.50. The predicted molar refractivity (Wildman–Crippen MR) is 49.9 cm³/mol. The Morgan fingerprint density at radius 3 is 2.00 bits per heavy atom. The van der Waals surface area contributed by atoms with Gasteiger partial charge in [0.25, 0.3) is 6.10 Å². The topological polar surface area (TPSA) is 38.3 Å². The van der Waals surface area contributed by atoms with Crippen LogP contribution in [0, 0.1) is 0 Å². The maximum atomic E-state index is 12.0. The lowest BCUT2D eigenvalue weighted by atomic mass is 10.2. The number of carbonyl (C=O) groups excluding carboxylic acids is 1. The maximum absolute atomic E-state index is 12.0. The molecule has 3 nitrogen and oxygen atoms in total. The molecule has 0 fully saturated rings. The average Bonchev–Trinajstić information content (AvgIpc) is 2.18. The van der Waals surface area contributed by atoms with Crippen LogP contribution in [-0.2, 0) is 4.74 Å². The molecule has 0 saturated carbocycles. The molecule has 0 saturated heterocycles. The Bertz CT molecular complexity index is 249. The maximum Gasteiger partial charge on any atom is 0.434 e. The zero-order chi connectivity index (χ0) is 14.4. The SMILES string of the molecule is CCCCCNC(=O)OC(C(F)(F)F)C(F)(F)F. The molecule has 0 atom stereocenters. The van der Waals surface area contributed by atoms with Gasteiger partial charge in [0.05, 0.1) is 0 Å². The fraction of sp³-hybridized carbons (Fsp3) is 0.889. The zero-order valence-electron chi connectivity index (χ0n) is 9.49. The summed E-state index contributed by atoms with van der Waals surface area (Å²) in [6.07, 6.45) is -15.2. The first-order chi connectivity index (χ1) is 8.09. The van der Waals surface area contributed by atoms with Crippen molar-refractivity contribution in [2.75, 3.05) is 6.54 Å². The van der Waals surface area contributed by atoms with E-state index in [4.69, 9.17) is 0 Å². The third-order valence-corrected chi connectivity index (χ3v) is 1.87. The van der Waals surface area contributed by atoms with Crippen molar-refractivity contribution < 1.29 is 35.9 Å². The molecule has 0 spiro atoms. The molecule has 0 aliphatic heterocycles. The van der Waals surface area contributed by atoms with Crippen molar-refractivity contribution >= 4 is 6.09 Å². The Morgan fingerprint density at radius 2 is 1.61 bits per heavy atom. The Balaban J connectivity index is 4.30. The molecule has 0 heterocycles. The van der Waals surface area contributed by atoms with Gasteiger partial charge in [-0.3, -0.25) is 0 Å². The molecular weight excluding hydrogens is 268 g/mol. The van der Waals surface area contributed by atoms with Crippen LogP contribution in [0.3, 0.4) is 0 Å². The second kappa shape index (κ2) is 6.69. The van der Waals surface area contributed by atoms with Crippen molar-refractivity contribution in [3.63, 3.8) is 0 Å². The molecule has 0 aromatic rings. The number of halogens is 6. The van der Waals surface area contributed by atoms with E-state index in [1.165, 1.54) is 0 Å². The van der Waals surface area contributed by atoms with Crippen molar-refractivity contribution in [3.8, 4) is 0 Å². The largest absolute Gasteiger partial charge is 0.434 e. The summed E-state index contributed by atoms with van der Waals surface area (Å²) in [6, 6.07) is 0. The first-order valence-corrected chi connectivity index (χ1v) is 5.17. The normalized spacial score (nSPS) is 12.7. The summed E-state index contributed by atoms with van der Waals surface area (Å²) < 4.78 is 75.3. The van der Waals surface area contributed by atoms with Gasteiger partial charge in [-0.2, -0.15) is 26.3 Å². The van der Waals surface area contributed by atoms with E-state index in [9.17, 15) is 31.1 Å². The number of amides is 1. The van der Waals surface area contributed by atoms with Crippen LogP contribution in [0.1, 0.15) is 26.2 Å². The number of hydrogen-bond acceptors (Lipinski definition) is 2. The van der Waals surface area contributed by atoms with Crippen LogP contribution in [-0.4, -0.2) is 31.1 Å². The quantitative estimate of drug-likeness (QED) is 0.619. The van der Waals surface area contributed by atoms with Gasteiger partial charge in [0.15, 0.2) is 0 Å². The molecule has 108 valence electrons. The third kappa shape index (κ3) is 6.55. The summed E-state index contributed by atoms with van der Waals surface area (Å²) in [5.41, 5.74) is 0. The molecule has 0 radical (unpaired) electrons. The molecule has 0 rings (SSSR count). The highest BCUT2D eigenvalue weighted by atomic mass is 19.4. The standard InChI is InChI=1S/C9H13F6NO2/c1-2-3-4-5-16-7(17)18-6(8(10,11)12)9(13,14)15/h6H,2-5H2,1H3,(H,16,17). The molecule has 0 aliphatic carbocycles. The number of alkyl carbamates (subject to hydrolysis) is 1. The molecule has 0 bridgehead atoms. The Hall–Kier alpha value is -1.15. The molecule has 0 aromatic heterocycles. The number of carbonyl (C=O) groups is 1. The van der Waals surface area contributed by atoms with E-state index in [0.29, 0.717) is 12.8 Å². The lowest BCUT2D eigenvalue weighted by Crippen LogP contribution is -2.47. The van der Waals surface area contributed by atoms with Crippen molar-refractivity contribution in [2.24, 2.45) is 0 Å². The third-order valence-electron chi connectivity index (χ3n) is 1.87. The predicted octanol–water partition coefficient (Wildman–Crippen LogP) is 3.40. The number of rotatable bonds is 5. The van der Waals surface area contributed by atoms with Crippen molar-refractivity contribution in [3.05, 3.63) is 0 Å². The number of ether oxygens (including phenoxy) is 1. The van der Waals surface area contributed by atoms with Crippen LogP contribution in [0.4, 0.5) is 31.1 Å². The lowest BCUT2D eigenvalue weighted by molar-refractivity contribution is -0.306. The van der Waals surface area contributed by atoms with Gasteiger partial charge >= 0.3 is 18.4 Å². The Kier molecular flexibility index (Phi) is 6.27. The van der Waals surface area contributed by atoms with Crippen LogP contribution in [0.5, 0.6) is 0 Å². The van der Waals surface area contributed by atoms with E-state index in [1.54, 1.807) is 0 Å². The first kappa shape index (κ1) is 16.9. The number of hydrogen-bond donors (Lipinski definition) is 1. The van der Waals surface area contributed by atoms with Gasteiger partial charge in [0, 0.05) is 6.54 Å². The summed E-state index contributed by atoms with van der Waals surface area (Å²) in [7, 11) is 0. The second-order valence-corrected chi connectivity index (χ2v) is 3.50. The highest BCUT2D eigenvalue weighted by Gasteiger charge is 2.59. The van der Waals surface area contributed by atoms with Crippen LogP contribution >= 0.6 is 0 Å². The van der Waals surface area contributed by atoms with E-state index in [1.807, 2.05) is 12.2 Å². The number of unbranched alkanes of at least 4 members (excludes halogenated alkanes) is 2. The first-order valence-electron chi connectivity index (χ1n) is 5.17. The van der Waals surface area contributed by atoms with E-state index in [2.05, 4.69) is 4.74 Å². The molecule has 1 N–H and O–H groups in total. The van der Waals surface area contributed by atoms with Gasteiger partial charge in [0.2, 0.25) is 0 Å². The number of nitrogens with one attached hydrogen (secondary N) is 1. The van der Waals surface area contributed by atoms with Gasteiger partial charge in [0.1, 0.15) is 0 Å². The van der Waals surface area contributed by atoms with Crippen molar-refractivity contribution in [1.82, 2.24) is 5.32 Å². The molecule has 9 heteroatoms. The summed E-state index contributed by atoms with van der Waals surface area (Å²) >= 11 is 0. The molecule has 0 aliphatic rings. The Labute approximate surface area is 99.5 Å². The highest BCUT2D eigenvalue weighted by molar-refractivity contribution is 5.67. The van der Waals surface area contributed by atoms with Crippen molar-refractivity contribution in [2.45, 2.75) is 44.6 Å². The summed E-state index contributed by atoms with van der Waals surface area (Å²) in [4.78, 5) is 10.8. The zero-order valence-corrected chi connectivity index (χ0v) is 9.49. The number of alkyl halides is 6. The van der Waals surface area contributed by atoms with E-state index >= 15 is 0 Å². The minimum atomic E-state index is -5.68. The highest BCUT2D eigenvalue weighted by Crippen LogP contribution is 2.35. The molecule has 18 heavy (non-hydrogen) atoms. The smallest absolute Gasteiger partial charge is 0.427 e. The van der Waals surface area contributed by atoms with Crippen LogP contribution in [0.15, 0.2) is 0 Å². The van der Waals surface area contributed by atoms with Gasteiger partial charge in [-0.05, 0) is 6.42 Å². The van der Waals surface area contributed by atoms with Gasteiger partial charge in [-0.15, -0.1) is 0 Å². The lowest BCUT2D eigenvalue weighted by Gasteiger charge is -2.22. The van der Waals surface area contributed by atoms with Gasteiger partial charge in [-0.25, -0.2) is 4.79 Å². The van der Waals surface area contributed by atoms with Crippen LogP contribution in [0.2, 0.25) is 0 Å². The molecule has 1 amide bonds. The molecule has 0 unspecified atom stereocenters. The monoisotopic (exact) mass is 281 g/mol. The summed E-state index contributed by atoms with van der Waals surface area (Å²) in [6.45, 7) is 1.82. The minimum Gasteiger partial charge on any atom is -0.427 e. The fourth-order valence-corrected chi connectivity index (χ4v) is 1.03. The fourth-order valence-electron chi connectivity index (χ4n) is 1.03. The molecule has 0 aromatic carbocycles. The Morgan fingerprint density at radius 1 is 1.11 bits per heavy atom. The van der Waals surface area contributed by atoms with E-state index < -0.39 is 24.5 Å². The van der Waals surface area contributed by atoms with Crippen LogP contribution in [0.25, 0.3) is 0 Å². The van der Waals surface area contributed by atoms with E-state index in [0.717, 1.165) is 6.42 Å². The summed E-state index contributed by atoms with van der Waals surface area (Å²) in [5.74, 6) is 0. The van der Waals surface area contributed by atoms with Crippen LogP contribution < -0.4 is 5.32 Å².